The molecule has 1 aliphatic carbocycles. The van der Waals surface area contributed by atoms with Crippen LogP contribution in [0, 0.1) is 5.92 Å². The first-order chi connectivity index (χ1) is 8.84. The third-order valence-corrected chi connectivity index (χ3v) is 5.70. The lowest BCUT2D eigenvalue weighted by molar-refractivity contribution is 0.223. The van der Waals surface area contributed by atoms with E-state index in [1.54, 1.807) is 0 Å². The van der Waals surface area contributed by atoms with Crippen LogP contribution in [0.5, 0.6) is 0 Å². The molecule has 0 aliphatic heterocycles. The lowest BCUT2D eigenvalue weighted by atomic mass is 9.83. The zero-order valence-electron chi connectivity index (χ0n) is 12.9. The fourth-order valence-electron chi connectivity index (χ4n) is 3.04. The molecule has 0 amide bonds. The van der Waals surface area contributed by atoms with E-state index in [0.29, 0.717) is 12.0 Å². The van der Waals surface area contributed by atoms with E-state index >= 15 is 0 Å². The third kappa shape index (κ3) is 5.79. The molecule has 0 aromatic heterocycles. The molecule has 3 atom stereocenters. The summed E-state index contributed by atoms with van der Waals surface area (Å²) in [4.78, 5) is 2.19. The van der Waals surface area contributed by atoms with Crippen molar-refractivity contribution in [2.45, 2.75) is 50.3 Å². The average molecular weight is 290 g/mol. The number of nitrogens with zero attached hydrogens (tertiary/aromatic N) is 1. The minimum absolute atomic E-state index is 0.126. The summed E-state index contributed by atoms with van der Waals surface area (Å²) in [7, 11) is 1.28. The minimum Gasteiger partial charge on any atom is -0.312 e. The van der Waals surface area contributed by atoms with Crippen LogP contribution >= 0.6 is 0 Å². The number of hydrogen-bond donors (Lipinski definition) is 1. The van der Waals surface area contributed by atoms with Gasteiger partial charge in [0, 0.05) is 18.8 Å². The molecular formula is C14H30N2O2S. The van der Waals surface area contributed by atoms with Crippen LogP contribution in [0.25, 0.3) is 0 Å². The molecule has 1 N–H and O–H groups in total. The van der Waals surface area contributed by atoms with E-state index in [-0.39, 0.29) is 5.25 Å². The van der Waals surface area contributed by atoms with E-state index in [4.69, 9.17) is 0 Å². The second kappa shape index (κ2) is 7.60. The van der Waals surface area contributed by atoms with Gasteiger partial charge in [-0.05, 0) is 52.2 Å². The molecule has 0 bridgehead atoms. The normalized spacial score (nSPS) is 26.6. The predicted molar refractivity (Wildman–Crippen MR) is 81.2 cm³/mol. The number of nitrogens with one attached hydrogen (secondary N) is 1. The zero-order chi connectivity index (χ0) is 14.5. The lowest BCUT2D eigenvalue weighted by Crippen LogP contribution is -2.46. The van der Waals surface area contributed by atoms with Gasteiger partial charge in [-0.1, -0.05) is 13.3 Å². The van der Waals surface area contributed by atoms with Gasteiger partial charge in [0.2, 0.25) is 0 Å². The zero-order valence-corrected chi connectivity index (χ0v) is 13.7. The number of hydrogen-bond acceptors (Lipinski definition) is 4. The van der Waals surface area contributed by atoms with Gasteiger partial charge in [0.25, 0.3) is 0 Å². The number of likely N-dealkylation sites (N-methyl/N-ethyl adjacent to an activating group) is 1. The van der Waals surface area contributed by atoms with Gasteiger partial charge < -0.3 is 10.2 Å². The molecule has 4 nitrogen and oxygen atoms in total. The van der Waals surface area contributed by atoms with Gasteiger partial charge in [-0.3, -0.25) is 0 Å². The summed E-state index contributed by atoms with van der Waals surface area (Å²) in [5.41, 5.74) is 0. The molecule has 1 saturated carbocycles. The van der Waals surface area contributed by atoms with Gasteiger partial charge in [-0.25, -0.2) is 8.42 Å². The maximum Gasteiger partial charge on any atom is 0.150 e. The molecule has 1 fully saturated rings. The highest BCUT2D eigenvalue weighted by Crippen LogP contribution is 2.30. The predicted octanol–water partition coefficient (Wildman–Crippen LogP) is 1.52. The highest BCUT2D eigenvalue weighted by Gasteiger charge is 2.32. The molecule has 1 rings (SSSR count). The molecule has 1 aliphatic rings. The van der Waals surface area contributed by atoms with Crippen LogP contribution in [0.1, 0.15) is 39.0 Å². The fourth-order valence-corrected chi connectivity index (χ4v) is 4.23. The molecule has 19 heavy (non-hydrogen) atoms. The molecule has 0 heterocycles. The van der Waals surface area contributed by atoms with Gasteiger partial charge in [0.1, 0.15) is 9.84 Å². The summed E-state index contributed by atoms with van der Waals surface area (Å²) >= 11 is 0. The maximum atomic E-state index is 11.8. The van der Waals surface area contributed by atoms with Crippen molar-refractivity contribution >= 4 is 9.84 Å². The minimum atomic E-state index is -2.88. The molecule has 0 aromatic carbocycles. The molecular weight excluding hydrogens is 260 g/mol. The summed E-state index contributed by atoms with van der Waals surface area (Å²) in [5.74, 6) is 0.488. The van der Waals surface area contributed by atoms with Crippen molar-refractivity contribution in [1.82, 2.24) is 10.2 Å². The fraction of sp³-hybridized carbons (Fsp3) is 1.00. The number of rotatable bonds is 7. The van der Waals surface area contributed by atoms with Crippen molar-refractivity contribution in [3.8, 4) is 0 Å². The highest BCUT2D eigenvalue weighted by molar-refractivity contribution is 7.91. The quantitative estimate of drug-likeness (QED) is 0.772. The summed E-state index contributed by atoms with van der Waals surface area (Å²) in [5, 5.41) is 3.48. The van der Waals surface area contributed by atoms with Crippen LogP contribution in [0.4, 0.5) is 0 Å². The Bertz CT molecular complexity index is 354. The van der Waals surface area contributed by atoms with Crippen LogP contribution in [0.2, 0.25) is 0 Å². The maximum absolute atomic E-state index is 11.8. The van der Waals surface area contributed by atoms with E-state index in [0.717, 1.165) is 45.2 Å². The Morgan fingerprint density at radius 3 is 2.53 bits per heavy atom. The Kier molecular flexibility index (Phi) is 6.77. The van der Waals surface area contributed by atoms with E-state index < -0.39 is 9.84 Å². The van der Waals surface area contributed by atoms with Gasteiger partial charge in [-0.2, -0.15) is 0 Å². The van der Waals surface area contributed by atoms with Gasteiger partial charge in [-0.15, -0.1) is 0 Å². The van der Waals surface area contributed by atoms with E-state index in [1.165, 1.54) is 6.26 Å². The molecule has 0 aromatic rings. The average Bonchev–Trinajstić information content (AvgIpc) is 2.33. The Hall–Kier alpha value is -0.130. The van der Waals surface area contributed by atoms with Gasteiger partial charge in [0.05, 0.1) is 5.25 Å². The van der Waals surface area contributed by atoms with Crippen LogP contribution in [0.15, 0.2) is 0 Å². The van der Waals surface area contributed by atoms with E-state index in [2.05, 4.69) is 31.2 Å². The molecule has 0 saturated heterocycles. The van der Waals surface area contributed by atoms with Crippen LogP contribution in [-0.2, 0) is 9.84 Å². The molecule has 114 valence electrons. The first-order valence-corrected chi connectivity index (χ1v) is 9.37. The Morgan fingerprint density at radius 1 is 1.32 bits per heavy atom. The first-order valence-electron chi connectivity index (χ1n) is 7.41. The standard InChI is InChI=1S/C14H30N2O2S/c1-5-9-15-14(11-16(2)3)12-7-6-8-13(10-12)19(4,17)18/h12-15H,5-11H2,1-4H3. The van der Waals surface area contributed by atoms with Crippen molar-refractivity contribution in [2.24, 2.45) is 5.92 Å². The lowest BCUT2D eigenvalue weighted by Gasteiger charge is -2.35. The van der Waals surface area contributed by atoms with Crippen LogP contribution in [-0.4, -0.2) is 58.1 Å². The van der Waals surface area contributed by atoms with Crippen LogP contribution < -0.4 is 5.32 Å². The van der Waals surface area contributed by atoms with Crippen molar-refractivity contribution in [3.63, 3.8) is 0 Å². The second-order valence-corrected chi connectivity index (χ2v) is 8.53. The van der Waals surface area contributed by atoms with Crippen molar-refractivity contribution in [1.29, 1.82) is 0 Å². The van der Waals surface area contributed by atoms with Crippen molar-refractivity contribution in [2.75, 3.05) is 33.4 Å². The summed E-state index contributed by atoms with van der Waals surface area (Å²) in [6.07, 6.45) is 6.37. The molecule has 5 heteroatoms. The topological polar surface area (TPSA) is 49.4 Å². The summed E-state index contributed by atoms with van der Waals surface area (Å²) < 4.78 is 23.5. The molecule has 0 radical (unpaired) electrons. The Labute approximate surface area is 118 Å². The van der Waals surface area contributed by atoms with Crippen molar-refractivity contribution in [3.05, 3.63) is 0 Å². The molecule has 3 unspecified atom stereocenters. The number of sulfone groups is 1. The largest absolute Gasteiger partial charge is 0.312 e. The van der Waals surface area contributed by atoms with Crippen LogP contribution in [0.3, 0.4) is 0 Å². The monoisotopic (exact) mass is 290 g/mol. The van der Waals surface area contributed by atoms with E-state index in [9.17, 15) is 8.42 Å². The Balaban J connectivity index is 2.66. The first kappa shape index (κ1) is 16.9. The SMILES string of the molecule is CCCNC(CN(C)C)C1CCCC(S(C)(=O)=O)C1. The summed E-state index contributed by atoms with van der Waals surface area (Å²) in [6, 6.07) is 0.416. The van der Waals surface area contributed by atoms with Crippen molar-refractivity contribution < 1.29 is 8.42 Å². The van der Waals surface area contributed by atoms with E-state index in [1.807, 2.05) is 0 Å². The second-order valence-electron chi connectivity index (χ2n) is 6.20. The highest BCUT2D eigenvalue weighted by atomic mass is 32.2. The van der Waals surface area contributed by atoms with Gasteiger partial charge in [0.15, 0.2) is 0 Å². The molecule has 0 spiro atoms. The van der Waals surface area contributed by atoms with Gasteiger partial charge >= 0.3 is 0 Å². The summed E-state index contributed by atoms with van der Waals surface area (Å²) in [6.45, 7) is 4.17. The Morgan fingerprint density at radius 2 is 2.00 bits per heavy atom. The smallest absolute Gasteiger partial charge is 0.150 e. The third-order valence-electron chi connectivity index (χ3n) is 4.06.